The van der Waals surface area contributed by atoms with E-state index < -0.39 is 10.0 Å². The molecule has 1 aliphatic rings. The Morgan fingerprint density at radius 2 is 1.96 bits per heavy atom. The summed E-state index contributed by atoms with van der Waals surface area (Å²) in [5, 5.41) is 8.14. The number of piperidine rings is 1. The summed E-state index contributed by atoms with van der Waals surface area (Å²) in [5.74, 6) is 0.152. The summed E-state index contributed by atoms with van der Waals surface area (Å²) in [6.45, 7) is 1.00. The van der Waals surface area contributed by atoms with Crippen LogP contribution in [0.3, 0.4) is 0 Å². The van der Waals surface area contributed by atoms with Crippen molar-refractivity contribution < 1.29 is 13.2 Å². The SMILES string of the molecule is O=S(=O)(CCc1ccccc1)N1CCC(Oc2nncs2)CC1. The number of hydrogen-bond donors (Lipinski definition) is 0. The highest BCUT2D eigenvalue weighted by Gasteiger charge is 2.28. The second-order valence-corrected chi connectivity index (χ2v) is 8.36. The van der Waals surface area contributed by atoms with Crippen LogP contribution in [-0.4, -0.2) is 47.9 Å². The van der Waals surface area contributed by atoms with Crippen molar-refractivity contribution in [1.82, 2.24) is 14.5 Å². The summed E-state index contributed by atoms with van der Waals surface area (Å²) in [6, 6.07) is 9.70. The number of benzene rings is 1. The number of aryl methyl sites for hydroxylation is 1. The fraction of sp³-hybridized carbons (Fsp3) is 0.467. The first-order valence-corrected chi connectivity index (χ1v) is 10.1. The van der Waals surface area contributed by atoms with Crippen LogP contribution in [0.15, 0.2) is 35.8 Å². The number of nitrogens with zero attached hydrogens (tertiary/aromatic N) is 3. The Bertz CT molecular complexity index is 697. The van der Waals surface area contributed by atoms with Crippen LogP contribution in [0, 0.1) is 0 Å². The third-order valence-electron chi connectivity index (χ3n) is 3.89. The molecule has 1 aromatic heterocycles. The van der Waals surface area contributed by atoms with Crippen LogP contribution in [0.2, 0.25) is 0 Å². The van der Waals surface area contributed by atoms with Crippen molar-refractivity contribution in [2.45, 2.75) is 25.4 Å². The summed E-state index contributed by atoms with van der Waals surface area (Å²) < 4.78 is 32.2. The average Bonchev–Trinajstić information content (AvgIpc) is 3.08. The smallest absolute Gasteiger partial charge is 0.294 e. The standard InChI is InChI=1S/C15H19N3O3S2/c19-23(20,11-8-13-4-2-1-3-5-13)18-9-6-14(7-10-18)21-15-17-16-12-22-15/h1-5,12,14H,6-11H2. The minimum absolute atomic E-state index is 0.0172. The van der Waals surface area contributed by atoms with Gasteiger partial charge in [0, 0.05) is 13.1 Å². The fourth-order valence-electron chi connectivity index (χ4n) is 2.61. The number of aromatic nitrogens is 2. The molecule has 2 heterocycles. The topological polar surface area (TPSA) is 72.4 Å². The molecule has 8 heteroatoms. The number of ether oxygens (including phenoxy) is 1. The first-order valence-electron chi connectivity index (χ1n) is 7.58. The van der Waals surface area contributed by atoms with Crippen molar-refractivity contribution in [1.29, 1.82) is 0 Å². The number of hydrogen-bond acceptors (Lipinski definition) is 6. The van der Waals surface area contributed by atoms with Gasteiger partial charge in [-0.2, -0.15) is 0 Å². The molecule has 0 amide bonds. The Balaban J connectivity index is 1.50. The Kier molecular flexibility index (Phi) is 5.24. The molecule has 1 aliphatic heterocycles. The largest absolute Gasteiger partial charge is 0.466 e. The lowest BCUT2D eigenvalue weighted by Crippen LogP contribution is -2.42. The van der Waals surface area contributed by atoms with Crippen LogP contribution >= 0.6 is 11.3 Å². The molecule has 1 saturated heterocycles. The molecule has 0 saturated carbocycles. The van der Waals surface area contributed by atoms with Gasteiger partial charge in [-0.25, -0.2) is 12.7 Å². The van der Waals surface area contributed by atoms with E-state index in [0.717, 1.165) is 5.56 Å². The van der Waals surface area contributed by atoms with Gasteiger partial charge in [-0.1, -0.05) is 41.7 Å². The van der Waals surface area contributed by atoms with Crippen LogP contribution in [0.4, 0.5) is 0 Å². The lowest BCUT2D eigenvalue weighted by Gasteiger charge is -2.30. The monoisotopic (exact) mass is 353 g/mol. The third kappa shape index (κ3) is 4.49. The molecule has 0 bridgehead atoms. The van der Waals surface area contributed by atoms with Crippen molar-refractivity contribution in [2.75, 3.05) is 18.8 Å². The van der Waals surface area contributed by atoms with Gasteiger partial charge in [-0.15, -0.1) is 10.2 Å². The van der Waals surface area contributed by atoms with Gasteiger partial charge >= 0.3 is 0 Å². The zero-order chi connectivity index (χ0) is 16.1. The van der Waals surface area contributed by atoms with E-state index in [0.29, 0.717) is 37.5 Å². The predicted octanol–water partition coefficient (Wildman–Crippen LogP) is 1.95. The van der Waals surface area contributed by atoms with Crippen molar-refractivity contribution >= 4 is 21.4 Å². The maximum absolute atomic E-state index is 12.4. The molecular weight excluding hydrogens is 334 g/mol. The first kappa shape index (κ1) is 16.4. The number of sulfonamides is 1. The quantitative estimate of drug-likeness (QED) is 0.794. The van der Waals surface area contributed by atoms with Crippen molar-refractivity contribution in [2.24, 2.45) is 0 Å². The second kappa shape index (κ2) is 7.37. The molecule has 23 heavy (non-hydrogen) atoms. The molecule has 124 valence electrons. The summed E-state index contributed by atoms with van der Waals surface area (Å²) in [6.07, 6.45) is 1.93. The van der Waals surface area contributed by atoms with Gasteiger partial charge in [-0.3, -0.25) is 0 Å². The molecular formula is C15H19N3O3S2. The van der Waals surface area contributed by atoms with Gasteiger partial charge in [0.25, 0.3) is 5.19 Å². The van der Waals surface area contributed by atoms with Crippen LogP contribution in [0.1, 0.15) is 18.4 Å². The average molecular weight is 353 g/mol. The second-order valence-electron chi connectivity index (χ2n) is 5.47. The van der Waals surface area contributed by atoms with E-state index >= 15 is 0 Å². The Morgan fingerprint density at radius 1 is 1.22 bits per heavy atom. The molecule has 0 spiro atoms. The highest BCUT2D eigenvalue weighted by molar-refractivity contribution is 7.89. The summed E-state index contributed by atoms with van der Waals surface area (Å²) in [4.78, 5) is 0. The van der Waals surface area contributed by atoms with Crippen LogP contribution < -0.4 is 4.74 Å². The van der Waals surface area contributed by atoms with Crippen LogP contribution in [-0.2, 0) is 16.4 Å². The summed E-state index contributed by atoms with van der Waals surface area (Å²) in [5.41, 5.74) is 2.67. The lowest BCUT2D eigenvalue weighted by molar-refractivity contribution is 0.134. The molecule has 6 nitrogen and oxygen atoms in total. The molecule has 1 aromatic carbocycles. The Hall–Kier alpha value is -1.51. The molecule has 1 fully saturated rings. The first-order chi connectivity index (χ1) is 11.1. The Morgan fingerprint density at radius 3 is 2.61 bits per heavy atom. The maximum atomic E-state index is 12.4. The fourth-order valence-corrected chi connectivity index (χ4v) is 4.59. The molecule has 2 aromatic rings. The van der Waals surface area contributed by atoms with Gasteiger partial charge in [0.05, 0.1) is 5.75 Å². The van der Waals surface area contributed by atoms with Gasteiger partial charge in [0.1, 0.15) is 11.6 Å². The maximum Gasteiger partial charge on any atom is 0.294 e. The van der Waals surface area contributed by atoms with E-state index in [-0.39, 0.29) is 11.9 Å². The van der Waals surface area contributed by atoms with E-state index in [2.05, 4.69) is 10.2 Å². The van der Waals surface area contributed by atoms with E-state index in [1.165, 1.54) is 11.3 Å². The highest BCUT2D eigenvalue weighted by Crippen LogP contribution is 2.21. The minimum Gasteiger partial charge on any atom is -0.466 e. The Labute approximate surface area is 140 Å². The highest BCUT2D eigenvalue weighted by atomic mass is 32.2. The third-order valence-corrected chi connectivity index (χ3v) is 6.34. The van der Waals surface area contributed by atoms with Crippen molar-refractivity contribution in [3.63, 3.8) is 0 Å². The normalized spacial score (nSPS) is 17.2. The molecule has 0 unspecified atom stereocenters. The molecule has 0 radical (unpaired) electrons. The van der Waals surface area contributed by atoms with Gasteiger partial charge in [-0.05, 0) is 24.8 Å². The summed E-state index contributed by atoms with van der Waals surface area (Å²) in [7, 11) is -3.21. The van der Waals surface area contributed by atoms with E-state index in [1.54, 1.807) is 9.82 Å². The zero-order valence-electron chi connectivity index (χ0n) is 12.7. The minimum atomic E-state index is -3.21. The lowest BCUT2D eigenvalue weighted by atomic mass is 10.1. The van der Waals surface area contributed by atoms with Crippen LogP contribution in [0.25, 0.3) is 0 Å². The van der Waals surface area contributed by atoms with E-state index in [1.807, 2.05) is 30.3 Å². The van der Waals surface area contributed by atoms with Crippen LogP contribution in [0.5, 0.6) is 5.19 Å². The van der Waals surface area contributed by atoms with Gasteiger partial charge in [0.15, 0.2) is 0 Å². The van der Waals surface area contributed by atoms with E-state index in [9.17, 15) is 8.42 Å². The summed E-state index contributed by atoms with van der Waals surface area (Å²) >= 11 is 1.35. The van der Waals surface area contributed by atoms with Crippen molar-refractivity contribution in [3.8, 4) is 5.19 Å². The van der Waals surface area contributed by atoms with Gasteiger partial charge in [0.2, 0.25) is 10.0 Å². The molecule has 0 N–H and O–H groups in total. The van der Waals surface area contributed by atoms with Crippen molar-refractivity contribution in [3.05, 3.63) is 41.4 Å². The molecule has 3 rings (SSSR count). The molecule has 0 aliphatic carbocycles. The van der Waals surface area contributed by atoms with E-state index in [4.69, 9.17) is 4.74 Å². The zero-order valence-corrected chi connectivity index (χ0v) is 14.3. The number of rotatable bonds is 6. The predicted molar refractivity (Wildman–Crippen MR) is 89.1 cm³/mol. The molecule has 0 atom stereocenters. The van der Waals surface area contributed by atoms with Gasteiger partial charge < -0.3 is 4.74 Å².